The van der Waals surface area contributed by atoms with Crippen LogP contribution in [0.15, 0.2) is 30.3 Å². The van der Waals surface area contributed by atoms with Crippen LogP contribution in [0.4, 0.5) is 0 Å². The second-order valence-corrected chi connectivity index (χ2v) is 7.29. The van der Waals surface area contributed by atoms with Crippen molar-refractivity contribution in [3.63, 3.8) is 0 Å². The maximum Gasteiger partial charge on any atom is 0.161 e. The first kappa shape index (κ1) is 17.9. The summed E-state index contributed by atoms with van der Waals surface area (Å²) in [7, 11) is 5.40. The highest BCUT2D eigenvalue weighted by Gasteiger charge is 2.19. The summed E-state index contributed by atoms with van der Waals surface area (Å²) >= 11 is 0. The molecule has 1 N–H and O–H groups in total. The zero-order valence-electron chi connectivity index (χ0n) is 16.5. The number of aryl methyl sites for hydroxylation is 2. The summed E-state index contributed by atoms with van der Waals surface area (Å²) in [6.45, 7) is 4.37. The molecular formula is C22H27N3O2. The lowest BCUT2D eigenvalue weighted by Gasteiger charge is -2.23. The number of aromatic nitrogens is 2. The minimum atomic E-state index is 0.633. The smallest absolute Gasteiger partial charge is 0.161 e. The van der Waals surface area contributed by atoms with Gasteiger partial charge in [-0.1, -0.05) is 6.07 Å². The third kappa shape index (κ3) is 3.16. The van der Waals surface area contributed by atoms with E-state index in [2.05, 4.69) is 36.0 Å². The average molecular weight is 365 g/mol. The van der Waals surface area contributed by atoms with Crippen LogP contribution in [0.25, 0.3) is 22.4 Å². The third-order valence-electron chi connectivity index (χ3n) is 5.65. The molecule has 0 bridgehead atoms. The molecule has 5 heteroatoms. The molecule has 142 valence electrons. The van der Waals surface area contributed by atoms with E-state index in [-0.39, 0.29) is 0 Å². The van der Waals surface area contributed by atoms with Gasteiger partial charge in [0.05, 0.1) is 25.3 Å². The maximum absolute atomic E-state index is 5.47. The Morgan fingerprint density at radius 1 is 1.04 bits per heavy atom. The molecule has 0 atom stereocenters. The third-order valence-corrected chi connectivity index (χ3v) is 5.65. The predicted molar refractivity (Wildman–Crippen MR) is 109 cm³/mol. The summed E-state index contributed by atoms with van der Waals surface area (Å²) in [6.07, 6.45) is 2.40. The zero-order chi connectivity index (χ0) is 19.0. The molecule has 1 aliphatic heterocycles. The van der Waals surface area contributed by atoms with Gasteiger partial charge in [0.15, 0.2) is 11.5 Å². The number of fused-ring (bicyclic) bond motifs is 1. The Morgan fingerprint density at radius 3 is 2.48 bits per heavy atom. The number of piperidine rings is 1. The number of rotatable bonds is 4. The SMILES string of the molecule is COc1ccc(-c2nc3c(C)cc(C4CCNCC4)cc3n2C)cc1OC. The van der Waals surface area contributed by atoms with E-state index in [1.807, 2.05) is 18.2 Å². The van der Waals surface area contributed by atoms with Gasteiger partial charge in [-0.3, -0.25) is 0 Å². The fourth-order valence-corrected chi connectivity index (χ4v) is 4.11. The van der Waals surface area contributed by atoms with Crippen molar-refractivity contribution in [3.8, 4) is 22.9 Å². The number of nitrogens with zero attached hydrogens (tertiary/aromatic N) is 2. The predicted octanol–water partition coefficient (Wildman–Crippen LogP) is 4.03. The lowest BCUT2D eigenvalue weighted by molar-refractivity contribution is 0.355. The second kappa shape index (κ2) is 7.24. The van der Waals surface area contributed by atoms with Crippen LogP contribution in [0, 0.1) is 6.92 Å². The number of ether oxygens (including phenoxy) is 2. The summed E-state index contributed by atoms with van der Waals surface area (Å²) in [6, 6.07) is 10.6. The number of methoxy groups -OCH3 is 2. The quantitative estimate of drug-likeness (QED) is 0.758. The van der Waals surface area contributed by atoms with Crippen LogP contribution in [0.2, 0.25) is 0 Å². The minimum Gasteiger partial charge on any atom is -0.493 e. The van der Waals surface area contributed by atoms with E-state index in [1.165, 1.54) is 29.5 Å². The van der Waals surface area contributed by atoms with Gasteiger partial charge >= 0.3 is 0 Å². The van der Waals surface area contributed by atoms with Crippen molar-refractivity contribution in [3.05, 3.63) is 41.5 Å². The van der Waals surface area contributed by atoms with Crippen LogP contribution in [0.5, 0.6) is 11.5 Å². The van der Waals surface area contributed by atoms with Gasteiger partial charge in [0, 0.05) is 12.6 Å². The van der Waals surface area contributed by atoms with Crippen molar-refractivity contribution < 1.29 is 9.47 Å². The first-order valence-corrected chi connectivity index (χ1v) is 9.52. The number of hydrogen-bond donors (Lipinski definition) is 1. The molecule has 2 aromatic carbocycles. The summed E-state index contributed by atoms with van der Waals surface area (Å²) in [5.41, 5.74) is 5.95. The molecule has 27 heavy (non-hydrogen) atoms. The number of imidazole rings is 1. The molecule has 3 aromatic rings. The van der Waals surface area contributed by atoms with E-state index in [0.717, 1.165) is 35.7 Å². The second-order valence-electron chi connectivity index (χ2n) is 7.29. The fraction of sp³-hybridized carbons (Fsp3) is 0.409. The standard InChI is InChI=1S/C22H27N3O2/c1-14-11-17(15-7-9-23-10-8-15)12-18-21(14)24-22(25(18)2)16-5-6-19(26-3)20(13-16)27-4/h5-6,11-13,15,23H,7-10H2,1-4H3. The van der Waals surface area contributed by atoms with Crippen molar-refractivity contribution in [1.82, 2.24) is 14.9 Å². The summed E-state index contributed by atoms with van der Waals surface area (Å²) in [5.74, 6) is 3.02. The Morgan fingerprint density at radius 2 is 1.78 bits per heavy atom. The molecule has 2 heterocycles. The molecule has 1 aromatic heterocycles. The molecule has 0 unspecified atom stereocenters. The maximum atomic E-state index is 5.47. The van der Waals surface area contributed by atoms with Gasteiger partial charge in [0.1, 0.15) is 5.82 Å². The van der Waals surface area contributed by atoms with E-state index >= 15 is 0 Å². The van der Waals surface area contributed by atoms with Crippen LogP contribution in [0.3, 0.4) is 0 Å². The van der Waals surface area contributed by atoms with Crippen molar-refractivity contribution in [1.29, 1.82) is 0 Å². The number of benzene rings is 2. The zero-order valence-corrected chi connectivity index (χ0v) is 16.5. The molecular weight excluding hydrogens is 338 g/mol. The highest BCUT2D eigenvalue weighted by molar-refractivity contribution is 5.84. The van der Waals surface area contributed by atoms with Gasteiger partial charge in [0.2, 0.25) is 0 Å². The van der Waals surface area contributed by atoms with Crippen molar-refractivity contribution >= 4 is 11.0 Å². The van der Waals surface area contributed by atoms with Crippen molar-refractivity contribution in [2.45, 2.75) is 25.7 Å². The van der Waals surface area contributed by atoms with Gasteiger partial charge in [-0.15, -0.1) is 0 Å². The molecule has 0 aliphatic carbocycles. The molecule has 1 saturated heterocycles. The van der Waals surface area contributed by atoms with Gasteiger partial charge < -0.3 is 19.4 Å². The molecule has 1 aliphatic rings. The average Bonchev–Trinajstić information content (AvgIpc) is 3.05. The molecule has 1 fully saturated rings. The first-order valence-electron chi connectivity index (χ1n) is 9.52. The van der Waals surface area contributed by atoms with Gasteiger partial charge in [0.25, 0.3) is 0 Å². The van der Waals surface area contributed by atoms with Crippen LogP contribution in [-0.4, -0.2) is 36.9 Å². The largest absolute Gasteiger partial charge is 0.493 e. The van der Waals surface area contributed by atoms with E-state index in [4.69, 9.17) is 14.5 Å². The summed E-state index contributed by atoms with van der Waals surface area (Å²) in [4.78, 5) is 4.95. The van der Waals surface area contributed by atoms with E-state index in [0.29, 0.717) is 11.7 Å². The lowest BCUT2D eigenvalue weighted by atomic mass is 9.89. The van der Waals surface area contributed by atoms with E-state index in [9.17, 15) is 0 Å². The molecule has 0 spiro atoms. The van der Waals surface area contributed by atoms with Gasteiger partial charge in [-0.25, -0.2) is 4.98 Å². The topological polar surface area (TPSA) is 48.3 Å². The summed E-state index contributed by atoms with van der Waals surface area (Å²) in [5, 5.41) is 3.45. The Labute approximate surface area is 160 Å². The van der Waals surface area contributed by atoms with E-state index < -0.39 is 0 Å². The Bertz CT molecular complexity index is 971. The Kier molecular flexibility index (Phi) is 4.79. The van der Waals surface area contributed by atoms with Gasteiger partial charge in [-0.05, 0) is 74.2 Å². The summed E-state index contributed by atoms with van der Waals surface area (Å²) < 4.78 is 13.0. The van der Waals surface area contributed by atoms with Crippen LogP contribution >= 0.6 is 0 Å². The Balaban J connectivity index is 1.81. The Hall–Kier alpha value is -2.53. The normalized spacial score (nSPS) is 15.3. The molecule has 4 rings (SSSR count). The number of hydrogen-bond acceptors (Lipinski definition) is 4. The van der Waals surface area contributed by atoms with Crippen LogP contribution < -0.4 is 14.8 Å². The molecule has 5 nitrogen and oxygen atoms in total. The monoisotopic (exact) mass is 365 g/mol. The van der Waals surface area contributed by atoms with E-state index in [1.54, 1.807) is 14.2 Å². The number of nitrogens with one attached hydrogen (secondary N) is 1. The van der Waals surface area contributed by atoms with Crippen LogP contribution in [0.1, 0.15) is 29.9 Å². The highest BCUT2D eigenvalue weighted by atomic mass is 16.5. The lowest BCUT2D eigenvalue weighted by Crippen LogP contribution is -2.26. The van der Waals surface area contributed by atoms with Crippen molar-refractivity contribution in [2.75, 3.05) is 27.3 Å². The minimum absolute atomic E-state index is 0.633. The fourth-order valence-electron chi connectivity index (χ4n) is 4.11. The first-order chi connectivity index (χ1) is 13.1. The molecule has 0 amide bonds. The van der Waals surface area contributed by atoms with Crippen LogP contribution in [-0.2, 0) is 7.05 Å². The van der Waals surface area contributed by atoms with Crippen molar-refractivity contribution in [2.24, 2.45) is 7.05 Å². The van der Waals surface area contributed by atoms with Gasteiger partial charge in [-0.2, -0.15) is 0 Å². The molecule has 0 radical (unpaired) electrons. The molecule has 0 saturated carbocycles. The highest BCUT2D eigenvalue weighted by Crippen LogP contribution is 2.35.